The summed E-state index contributed by atoms with van der Waals surface area (Å²) in [6.07, 6.45) is 1.18. The number of aliphatic hydroxyl groups excluding tert-OH is 1. The molecule has 0 aromatic heterocycles. The Morgan fingerprint density at radius 2 is 2.21 bits per heavy atom. The van der Waals surface area contributed by atoms with Crippen molar-refractivity contribution < 1.29 is 5.11 Å². The number of halogens is 1. The van der Waals surface area contributed by atoms with Crippen molar-refractivity contribution >= 4 is 11.6 Å². The number of aliphatic hydroxyl groups is 1. The van der Waals surface area contributed by atoms with Gasteiger partial charge in [-0.3, -0.25) is 0 Å². The zero-order valence-corrected chi connectivity index (χ0v) is 8.67. The van der Waals surface area contributed by atoms with Crippen LogP contribution in [0.1, 0.15) is 11.7 Å². The monoisotopic (exact) mass is 211 g/mol. The van der Waals surface area contributed by atoms with E-state index in [0.29, 0.717) is 18.1 Å². The van der Waals surface area contributed by atoms with Gasteiger partial charge in [0, 0.05) is 23.7 Å². The summed E-state index contributed by atoms with van der Waals surface area (Å²) in [4.78, 5) is 0. The molecule has 0 aliphatic rings. The number of nitrogens with one attached hydrogen (secondary N) is 1. The highest BCUT2D eigenvalue weighted by Gasteiger charge is 2.09. The Morgan fingerprint density at radius 1 is 1.50 bits per heavy atom. The largest absolute Gasteiger partial charge is 0.387 e. The molecule has 0 saturated carbocycles. The molecule has 0 aliphatic carbocycles. The Labute approximate surface area is 89.2 Å². The van der Waals surface area contributed by atoms with E-state index in [9.17, 15) is 5.11 Å². The Kier molecular flexibility index (Phi) is 4.66. The number of hydrogen-bond acceptors (Lipinski definition) is 2. The van der Waals surface area contributed by atoms with Crippen LogP contribution in [0, 0.1) is 0 Å². The summed E-state index contributed by atoms with van der Waals surface area (Å²) in [5, 5.41) is 13.4. The normalized spacial score (nSPS) is 12.4. The van der Waals surface area contributed by atoms with Crippen LogP contribution in [0.3, 0.4) is 0 Å². The lowest BCUT2D eigenvalue weighted by Gasteiger charge is -2.12. The third-order valence-corrected chi connectivity index (χ3v) is 2.23. The molecule has 0 radical (unpaired) electrons. The summed E-state index contributed by atoms with van der Waals surface area (Å²) in [7, 11) is 0. The molecule has 2 N–H and O–H groups in total. The zero-order valence-electron chi connectivity index (χ0n) is 7.91. The molecule has 0 spiro atoms. The zero-order chi connectivity index (χ0) is 10.4. The summed E-state index contributed by atoms with van der Waals surface area (Å²) < 4.78 is 0. The van der Waals surface area contributed by atoms with E-state index < -0.39 is 6.10 Å². The van der Waals surface area contributed by atoms with Gasteiger partial charge in [-0.2, -0.15) is 0 Å². The van der Waals surface area contributed by atoms with E-state index >= 15 is 0 Å². The summed E-state index contributed by atoms with van der Waals surface area (Å²) in [5.74, 6) is 0. The third-order valence-electron chi connectivity index (χ3n) is 1.89. The van der Waals surface area contributed by atoms with Crippen molar-refractivity contribution in [2.24, 2.45) is 0 Å². The van der Waals surface area contributed by atoms with E-state index in [2.05, 4.69) is 11.9 Å². The smallest absolute Gasteiger partial charge is 0.0928 e. The number of benzene rings is 1. The average Bonchev–Trinajstić information content (AvgIpc) is 2.18. The first-order chi connectivity index (χ1) is 6.75. The molecule has 14 heavy (non-hydrogen) atoms. The number of hydrogen-bond donors (Lipinski definition) is 2. The van der Waals surface area contributed by atoms with Crippen LogP contribution in [0.5, 0.6) is 0 Å². The predicted molar refractivity (Wildman–Crippen MR) is 59.5 cm³/mol. The van der Waals surface area contributed by atoms with Gasteiger partial charge < -0.3 is 10.4 Å². The van der Waals surface area contributed by atoms with Crippen LogP contribution < -0.4 is 5.32 Å². The van der Waals surface area contributed by atoms with Crippen molar-refractivity contribution in [3.63, 3.8) is 0 Å². The molecule has 0 heterocycles. The van der Waals surface area contributed by atoms with Crippen LogP contribution in [0.4, 0.5) is 0 Å². The standard InChI is InChI=1S/C11H14ClNO/c1-2-7-13-8-11(14)9-5-3-4-6-10(9)12/h2-6,11,13-14H,1,7-8H2. The Bertz CT molecular complexity index is 301. The topological polar surface area (TPSA) is 32.3 Å². The molecule has 0 saturated heterocycles. The van der Waals surface area contributed by atoms with Crippen LogP contribution in [-0.2, 0) is 0 Å². The second-order valence-corrected chi connectivity index (χ2v) is 3.39. The van der Waals surface area contributed by atoms with E-state index in [-0.39, 0.29) is 0 Å². The number of rotatable bonds is 5. The van der Waals surface area contributed by atoms with Crippen molar-refractivity contribution in [2.45, 2.75) is 6.10 Å². The molecule has 2 nitrogen and oxygen atoms in total. The van der Waals surface area contributed by atoms with Crippen molar-refractivity contribution in [2.75, 3.05) is 13.1 Å². The van der Waals surface area contributed by atoms with Gasteiger partial charge in [0.25, 0.3) is 0 Å². The van der Waals surface area contributed by atoms with Gasteiger partial charge >= 0.3 is 0 Å². The molecule has 0 aliphatic heterocycles. The lowest BCUT2D eigenvalue weighted by atomic mass is 10.1. The Balaban J connectivity index is 2.55. The Hall–Kier alpha value is -0.830. The summed E-state index contributed by atoms with van der Waals surface area (Å²) in [5.41, 5.74) is 0.755. The molecule has 0 amide bonds. The van der Waals surface area contributed by atoms with Crippen LogP contribution in [-0.4, -0.2) is 18.2 Å². The molecule has 1 unspecified atom stereocenters. The summed E-state index contributed by atoms with van der Waals surface area (Å²) in [6, 6.07) is 7.30. The third kappa shape index (κ3) is 3.14. The minimum absolute atomic E-state index is 0.482. The SMILES string of the molecule is C=CCNCC(O)c1ccccc1Cl. The van der Waals surface area contributed by atoms with E-state index in [1.54, 1.807) is 12.1 Å². The molecule has 0 bridgehead atoms. The molecule has 1 atom stereocenters. The van der Waals surface area contributed by atoms with Crippen molar-refractivity contribution in [1.82, 2.24) is 5.32 Å². The first-order valence-corrected chi connectivity index (χ1v) is 4.87. The van der Waals surface area contributed by atoms with Gasteiger partial charge in [-0.05, 0) is 6.07 Å². The van der Waals surface area contributed by atoms with Gasteiger partial charge in [0.1, 0.15) is 0 Å². The fourth-order valence-electron chi connectivity index (χ4n) is 1.18. The maximum atomic E-state index is 9.75. The highest BCUT2D eigenvalue weighted by Crippen LogP contribution is 2.21. The first kappa shape index (κ1) is 11.2. The highest BCUT2D eigenvalue weighted by molar-refractivity contribution is 6.31. The van der Waals surface area contributed by atoms with Crippen LogP contribution in [0.15, 0.2) is 36.9 Å². The minimum atomic E-state index is -0.566. The second-order valence-electron chi connectivity index (χ2n) is 2.98. The van der Waals surface area contributed by atoms with Gasteiger partial charge in [0.05, 0.1) is 6.10 Å². The van der Waals surface area contributed by atoms with E-state index in [0.717, 1.165) is 5.56 Å². The molecule has 1 aromatic rings. The summed E-state index contributed by atoms with van der Waals surface area (Å²) >= 11 is 5.92. The van der Waals surface area contributed by atoms with Gasteiger partial charge in [-0.25, -0.2) is 0 Å². The lowest BCUT2D eigenvalue weighted by molar-refractivity contribution is 0.176. The fraction of sp³-hybridized carbons (Fsp3) is 0.273. The molecule has 76 valence electrons. The van der Waals surface area contributed by atoms with Crippen LogP contribution in [0.2, 0.25) is 5.02 Å². The summed E-state index contributed by atoms with van der Waals surface area (Å²) in [6.45, 7) is 4.74. The first-order valence-electron chi connectivity index (χ1n) is 4.50. The lowest BCUT2D eigenvalue weighted by Crippen LogP contribution is -2.21. The van der Waals surface area contributed by atoms with Crippen molar-refractivity contribution in [3.05, 3.63) is 47.5 Å². The van der Waals surface area contributed by atoms with Gasteiger partial charge in [-0.1, -0.05) is 35.9 Å². The molecule has 0 fully saturated rings. The molecule has 1 rings (SSSR count). The maximum absolute atomic E-state index is 9.75. The fourth-order valence-corrected chi connectivity index (χ4v) is 1.44. The molecular formula is C11H14ClNO. The maximum Gasteiger partial charge on any atom is 0.0928 e. The molecule has 3 heteroatoms. The van der Waals surface area contributed by atoms with Crippen molar-refractivity contribution in [1.29, 1.82) is 0 Å². The van der Waals surface area contributed by atoms with Gasteiger partial charge in [-0.15, -0.1) is 6.58 Å². The van der Waals surface area contributed by atoms with E-state index in [1.165, 1.54) is 0 Å². The van der Waals surface area contributed by atoms with E-state index in [4.69, 9.17) is 11.6 Å². The predicted octanol–water partition coefficient (Wildman–Crippen LogP) is 2.15. The van der Waals surface area contributed by atoms with Crippen LogP contribution >= 0.6 is 11.6 Å². The van der Waals surface area contributed by atoms with Gasteiger partial charge in [0.15, 0.2) is 0 Å². The molecular weight excluding hydrogens is 198 g/mol. The second kappa shape index (κ2) is 5.81. The average molecular weight is 212 g/mol. The van der Waals surface area contributed by atoms with Crippen molar-refractivity contribution in [3.8, 4) is 0 Å². The minimum Gasteiger partial charge on any atom is -0.387 e. The van der Waals surface area contributed by atoms with Gasteiger partial charge in [0.2, 0.25) is 0 Å². The van der Waals surface area contributed by atoms with E-state index in [1.807, 2.05) is 18.2 Å². The van der Waals surface area contributed by atoms with Crippen LogP contribution in [0.25, 0.3) is 0 Å². The quantitative estimate of drug-likeness (QED) is 0.578. The highest BCUT2D eigenvalue weighted by atomic mass is 35.5. The molecule has 1 aromatic carbocycles. The Morgan fingerprint density at radius 3 is 2.86 bits per heavy atom.